The Bertz CT molecular complexity index is 1010. The van der Waals surface area contributed by atoms with Crippen molar-refractivity contribution in [2.45, 2.75) is 26.0 Å². The number of carbonyl (C=O) groups excluding carboxylic acids is 2. The number of benzene rings is 2. The number of carbonyl (C=O) groups is 2. The average Bonchev–Trinajstić information content (AvgIpc) is 3.31. The topological polar surface area (TPSA) is 80.6 Å². The number of ether oxygens (including phenoxy) is 1. The van der Waals surface area contributed by atoms with Crippen LogP contribution < -0.4 is 15.4 Å². The molecule has 0 aliphatic carbocycles. The Hall–Kier alpha value is -3.54. The zero-order chi connectivity index (χ0) is 19.5. The smallest absolute Gasteiger partial charge is 0.287 e. The van der Waals surface area contributed by atoms with Gasteiger partial charge in [0.25, 0.3) is 5.91 Å². The number of para-hydroxylation sites is 1. The molecule has 1 aliphatic rings. The maximum Gasteiger partial charge on any atom is 0.287 e. The first-order chi connectivity index (χ1) is 13.6. The molecule has 28 heavy (non-hydrogen) atoms. The minimum atomic E-state index is -0.307. The Morgan fingerprint density at radius 2 is 2.04 bits per heavy atom. The molecule has 2 heterocycles. The summed E-state index contributed by atoms with van der Waals surface area (Å²) in [4.78, 5) is 24.2. The number of amides is 2. The zero-order valence-electron chi connectivity index (χ0n) is 15.4. The lowest BCUT2D eigenvalue weighted by molar-refractivity contribution is -0.115. The molecule has 0 saturated heterocycles. The summed E-state index contributed by atoms with van der Waals surface area (Å²) in [6.45, 7) is 2.14. The summed E-state index contributed by atoms with van der Waals surface area (Å²) in [5.41, 5.74) is 3.38. The van der Waals surface area contributed by atoms with Gasteiger partial charge in [-0.3, -0.25) is 9.59 Å². The highest BCUT2D eigenvalue weighted by Gasteiger charge is 2.21. The Labute approximate surface area is 162 Å². The molecule has 3 aromatic rings. The molecule has 0 spiro atoms. The van der Waals surface area contributed by atoms with E-state index in [1.165, 1.54) is 6.26 Å². The van der Waals surface area contributed by atoms with Crippen LogP contribution in [0.1, 0.15) is 40.2 Å². The van der Waals surface area contributed by atoms with E-state index in [0.717, 1.165) is 22.6 Å². The predicted molar refractivity (Wildman–Crippen MR) is 104 cm³/mol. The number of anilines is 1. The van der Waals surface area contributed by atoms with E-state index in [4.69, 9.17) is 9.15 Å². The number of hydrogen-bond acceptors (Lipinski definition) is 4. The van der Waals surface area contributed by atoms with Gasteiger partial charge in [0, 0.05) is 11.3 Å². The summed E-state index contributed by atoms with van der Waals surface area (Å²) in [6, 6.07) is 16.6. The highest BCUT2D eigenvalue weighted by molar-refractivity contribution is 5.99. The molecule has 1 aromatic heterocycles. The molecule has 6 nitrogen and oxygen atoms in total. The van der Waals surface area contributed by atoms with Gasteiger partial charge in [-0.2, -0.15) is 0 Å². The molecule has 2 N–H and O–H groups in total. The van der Waals surface area contributed by atoms with Gasteiger partial charge in [0.2, 0.25) is 5.91 Å². The quantitative estimate of drug-likeness (QED) is 0.685. The Balaban J connectivity index is 1.42. The van der Waals surface area contributed by atoms with Crippen LogP contribution in [0.25, 0.3) is 0 Å². The summed E-state index contributed by atoms with van der Waals surface area (Å²) in [5, 5.41) is 5.75. The molecular formula is C22H20N2O4. The van der Waals surface area contributed by atoms with E-state index in [9.17, 15) is 9.59 Å². The Kier molecular flexibility index (Phi) is 4.85. The molecule has 0 radical (unpaired) electrons. The van der Waals surface area contributed by atoms with Crippen molar-refractivity contribution in [3.63, 3.8) is 0 Å². The van der Waals surface area contributed by atoms with E-state index in [1.54, 1.807) is 6.07 Å². The third-order valence-corrected chi connectivity index (χ3v) is 4.69. The molecule has 2 aromatic carbocycles. The standard InChI is InChI=1S/C22H20N2O4/c1-14(15-7-8-19-17(11-15)12-20(25)24-19)23-22(26)21-16(9-10-27-21)13-28-18-5-3-2-4-6-18/h2-11,14H,12-13H2,1H3,(H,23,26)(H,24,25). The number of hydrogen-bond donors (Lipinski definition) is 2. The van der Waals surface area contributed by atoms with E-state index >= 15 is 0 Å². The van der Waals surface area contributed by atoms with Crippen molar-refractivity contribution in [2.24, 2.45) is 0 Å². The molecule has 1 atom stereocenters. The molecule has 2 amide bonds. The van der Waals surface area contributed by atoms with Crippen LogP contribution in [0.5, 0.6) is 5.75 Å². The average molecular weight is 376 g/mol. The van der Waals surface area contributed by atoms with Crippen molar-refractivity contribution >= 4 is 17.5 Å². The van der Waals surface area contributed by atoms with Crippen molar-refractivity contribution in [2.75, 3.05) is 5.32 Å². The van der Waals surface area contributed by atoms with E-state index in [2.05, 4.69) is 10.6 Å². The molecule has 0 saturated carbocycles. The van der Waals surface area contributed by atoms with Crippen LogP contribution in [0.3, 0.4) is 0 Å². The van der Waals surface area contributed by atoms with Crippen LogP contribution >= 0.6 is 0 Å². The lowest BCUT2D eigenvalue weighted by Gasteiger charge is -2.15. The fourth-order valence-electron chi connectivity index (χ4n) is 3.19. The number of fused-ring (bicyclic) bond motifs is 1. The highest BCUT2D eigenvalue weighted by Crippen LogP contribution is 2.26. The maximum absolute atomic E-state index is 12.7. The zero-order valence-corrected chi connectivity index (χ0v) is 15.4. The van der Waals surface area contributed by atoms with Gasteiger partial charge in [-0.25, -0.2) is 0 Å². The Morgan fingerprint density at radius 1 is 1.21 bits per heavy atom. The third kappa shape index (κ3) is 3.76. The first-order valence-corrected chi connectivity index (χ1v) is 9.08. The number of nitrogens with one attached hydrogen (secondary N) is 2. The molecule has 0 bridgehead atoms. The largest absolute Gasteiger partial charge is 0.489 e. The van der Waals surface area contributed by atoms with E-state index in [-0.39, 0.29) is 30.2 Å². The summed E-state index contributed by atoms with van der Waals surface area (Å²) in [7, 11) is 0. The van der Waals surface area contributed by atoms with Crippen molar-refractivity contribution < 1.29 is 18.7 Å². The lowest BCUT2D eigenvalue weighted by Crippen LogP contribution is -2.27. The summed E-state index contributed by atoms with van der Waals surface area (Å²) in [6.07, 6.45) is 1.85. The van der Waals surface area contributed by atoms with Crippen molar-refractivity contribution in [3.8, 4) is 5.75 Å². The molecule has 1 aliphatic heterocycles. The van der Waals surface area contributed by atoms with E-state index in [0.29, 0.717) is 12.0 Å². The van der Waals surface area contributed by atoms with Crippen molar-refractivity contribution in [1.29, 1.82) is 0 Å². The normalized spacial score (nSPS) is 13.5. The van der Waals surface area contributed by atoms with Crippen LogP contribution in [-0.2, 0) is 17.8 Å². The van der Waals surface area contributed by atoms with Crippen molar-refractivity contribution in [3.05, 3.63) is 83.3 Å². The second-order valence-corrected chi connectivity index (χ2v) is 6.71. The molecule has 142 valence electrons. The number of rotatable bonds is 6. The third-order valence-electron chi connectivity index (χ3n) is 4.69. The highest BCUT2D eigenvalue weighted by atomic mass is 16.5. The van der Waals surface area contributed by atoms with Crippen molar-refractivity contribution in [1.82, 2.24) is 5.32 Å². The minimum Gasteiger partial charge on any atom is -0.489 e. The minimum absolute atomic E-state index is 0.0116. The first kappa shape index (κ1) is 17.9. The van der Waals surface area contributed by atoms with E-state index < -0.39 is 0 Å². The summed E-state index contributed by atoms with van der Waals surface area (Å²) < 4.78 is 11.1. The van der Waals surface area contributed by atoms with Crippen LogP contribution in [0.15, 0.2) is 65.3 Å². The number of furan rings is 1. The molecule has 1 unspecified atom stereocenters. The van der Waals surface area contributed by atoms with Gasteiger partial charge in [0.15, 0.2) is 5.76 Å². The SMILES string of the molecule is CC(NC(=O)c1occc1COc1ccccc1)c1ccc2c(c1)CC(=O)N2. The Morgan fingerprint density at radius 3 is 2.86 bits per heavy atom. The van der Waals surface area contributed by atoms with E-state index in [1.807, 2.05) is 55.5 Å². The van der Waals surface area contributed by atoms with Crippen LogP contribution in [0.2, 0.25) is 0 Å². The van der Waals surface area contributed by atoms with Gasteiger partial charge < -0.3 is 19.8 Å². The van der Waals surface area contributed by atoms with Gasteiger partial charge in [0.1, 0.15) is 12.4 Å². The molecule has 6 heteroatoms. The molecular weight excluding hydrogens is 356 g/mol. The maximum atomic E-state index is 12.7. The predicted octanol–water partition coefficient (Wildman–Crippen LogP) is 3.84. The van der Waals surface area contributed by atoms with Gasteiger partial charge in [-0.1, -0.05) is 30.3 Å². The molecule has 0 fully saturated rings. The fraction of sp³-hybridized carbons (Fsp3) is 0.182. The van der Waals surface area contributed by atoms with Crippen LogP contribution in [0, 0.1) is 0 Å². The van der Waals surface area contributed by atoms with Gasteiger partial charge >= 0.3 is 0 Å². The van der Waals surface area contributed by atoms with Crippen LogP contribution in [-0.4, -0.2) is 11.8 Å². The monoisotopic (exact) mass is 376 g/mol. The second-order valence-electron chi connectivity index (χ2n) is 6.71. The molecule has 4 rings (SSSR count). The second kappa shape index (κ2) is 7.60. The van der Waals surface area contributed by atoms with Crippen LogP contribution in [0.4, 0.5) is 5.69 Å². The summed E-state index contributed by atoms with van der Waals surface area (Å²) >= 11 is 0. The van der Waals surface area contributed by atoms with Gasteiger partial charge in [-0.05, 0) is 42.3 Å². The lowest BCUT2D eigenvalue weighted by atomic mass is 10.0. The summed E-state index contributed by atoms with van der Waals surface area (Å²) in [5.74, 6) is 0.645. The van der Waals surface area contributed by atoms with Gasteiger partial charge in [0.05, 0.1) is 18.7 Å². The fourth-order valence-corrected chi connectivity index (χ4v) is 3.19. The van der Waals surface area contributed by atoms with Gasteiger partial charge in [-0.15, -0.1) is 0 Å². The first-order valence-electron chi connectivity index (χ1n) is 9.08.